The molecule has 0 saturated heterocycles. The van der Waals surface area contributed by atoms with E-state index in [0.717, 1.165) is 0 Å². The van der Waals surface area contributed by atoms with E-state index in [1.165, 1.54) is 6.07 Å². The van der Waals surface area contributed by atoms with Crippen molar-refractivity contribution in [1.29, 1.82) is 0 Å². The van der Waals surface area contributed by atoms with Crippen molar-refractivity contribution in [2.45, 2.75) is 32.4 Å². The molecule has 0 aliphatic rings. The van der Waals surface area contributed by atoms with Crippen LogP contribution in [0.15, 0.2) is 24.3 Å². The van der Waals surface area contributed by atoms with Gasteiger partial charge in [-0.1, -0.05) is 24.1 Å². The number of hydrogen-bond acceptors (Lipinski definition) is 3. The lowest BCUT2D eigenvalue weighted by Crippen LogP contribution is -2.39. The van der Waals surface area contributed by atoms with Crippen LogP contribution < -0.4 is 5.32 Å². The second-order valence-electron chi connectivity index (χ2n) is 4.45. The van der Waals surface area contributed by atoms with E-state index in [4.69, 9.17) is 6.42 Å². The Morgan fingerprint density at radius 2 is 2.06 bits per heavy atom. The van der Waals surface area contributed by atoms with Crippen LogP contribution in [0.25, 0.3) is 0 Å². The summed E-state index contributed by atoms with van der Waals surface area (Å²) in [7, 11) is 0. The van der Waals surface area contributed by atoms with E-state index in [1.54, 1.807) is 18.2 Å². The van der Waals surface area contributed by atoms with Gasteiger partial charge in [0.15, 0.2) is 0 Å². The number of terminal acetylenes is 1. The third-order valence-electron chi connectivity index (χ3n) is 2.54. The van der Waals surface area contributed by atoms with Crippen LogP contribution in [-0.4, -0.2) is 10.5 Å². The van der Waals surface area contributed by atoms with Gasteiger partial charge < -0.3 is 0 Å². The molecule has 90 valence electrons. The Morgan fingerprint density at radius 3 is 2.59 bits per heavy atom. The topological polar surface area (TPSA) is 55.2 Å². The Morgan fingerprint density at radius 1 is 1.47 bits per heavy atom. The average molecular weight is 232 g/mol. The SMILES string of the molecule is C#CC(C)(C)NC(C)c1ccccc1[N+](=O)[O-]. The quantitative estimate of drug-likeness (QED) is 0.493. The van der Waals surface area contributed by atoms with Gasteiger partial charge >= 0.3 is 0 Å². The molecule has 0 aliphatic heterocycles. The van der Waals surface area contributed by atoms with Crippen molar-refractivity contribution in [3.8, 4) is 12.3 Å². The number of hydrogen-bond donors (Lipinski definition) is 1. The molecule has 0 heterocycles. The molecule has 0 aliphatic carbocycles. The highest BCUT2D eigenvalue weighted by molar-refractivity contribution is 5.42. The smallest absolute Gasteiger partial charge is 0.274 e. The molecule has 1 atom stereocenters. The summed E-state index contributed by atoms with van der Waals surface area (Å²) < 4.78 is 0. The van der Waals surface area contributed by atoms with Crippen molar-refractivity contribution in [3.63, 3.8) is 0 Å². The summed E-state index contributed by atoms with van der Waals surface area (Å²) in [5.41, 5.74) is 0.254. The summed E-state index contributed by atoms with van der Waals surface area (Å²) in [6.45, 7) is 5.58. The van der Waals surface area contributed by atoms with Crippen molar-refractivity contribution in [1.82, 2.24) is 5.32 Å². The first-order valence-corrected chi connectivity index (χ1v) is 5.36. The minimum atomic E-state index is -0.497. The first kappa shape index (κ1) is 13.2. The van der Waals surface area contributed by atoms with Crippen molar-refractivity contribution < 1.29 is 4.92 Å². The third kappa shape index (κ3) is 3.30. The largest absolute Gasteiger partial charge is 0.295 e. The fourth-order valence-electron chi connectivity index (χ4n) is 1.68. The predicted molar refractivity (Wildman–Crippen MR) is 67.6 cm³/mol. The van der Waals surface area contributed by atoms with Crippen LogP contribution in [-0.2, 0) is 0 Å². The van der Waals surface area contributed by atoms with Gasteiger partial charge in [-0.25, -0.2) is 0 Å². The number of para-hydroxylation sites is 1. The molecule has 0 amide bonds. The second-order valence-corrected chi connectivity index (χ2v) is 4.45. The zero-order valence-corrected chi connectivity index (χ0v) is 10.2. The number of rotatable bonds is 4. The first-order chi connectivity index (χ1) is 7.87. The average Bonchev–Trinajstić information content (AvgIpc) is 2.28. The maximum absolute atomic E-state index is 10.9. The van der Waals surface area contributed by atoms with E-state index in [0.29, 0.717) is 5.56 Å². The zero-order chi connectivity index (χ0) is 13.1. The molecule has 0 spiro atoms. The summed E-state index contributed by atoms with van der Waals surface area (Å²) in [4.78, 5) is 10.5. The lowest BCUT2D eigenvalue weighted by molar-refractivity contribution is -0.385. The molecule has 0 bridgehead atoms. The van der Waals surface area contributed by atoms with Crippen molar-refractivity contribution in [2.24, 2.45) is 0 Å². The number of nitro benzene ring substituents is 1. The van der Waals surface area contributed by atoms with Gasteiger partial charge in [-0.3, -0.25) is 15.4 Å². The van der Waals surface area contributed by atoms with Crippen LogP contribution in [0.3, 0.4) is 0 Å². The highest BCUT2D eigenvalue weighted by Gasteiger charge is 2.23. The normalized spacial score (nSPS) is 12.8. The number of benzene rings is 1. The van der Waals surface area contributed by atoms with E-state index >= 15 is 0 Å². The minimum Gasteiger partial charge on any atom is -0.295 e. The maximum Gasteiger partial charge on any atom is 0.274 e. The van der Waals surface area contributed by atoms with Crippen LogP contribution in [0.2, 0.25) is 0 Å². The first-order valence-electron chi connectivity index (χ1n) is 5.36. The van der Waals surface area contributed by atoms with E-state index in [2.05, 4.69) is 11.2 Å². The molecule has 0 saturated carbocycles. The molecule has 0 aromatic heterocycles. The van der Waals surface area contributed by atoms with Crippen LogP contribution in [0, 0.1) is 22.5 Å². The summed E-state index contributed by atoms with van der Waals surface area (Å²) in [5, 5.41) is 14.1. The summed E-state index contributed by atoms with van der Waals surface area (Å²) >= 11 is 0. The lowest BCUT2D eigenvalue weighted by atomic mass is 10.0. The molecular weight excluding hydrogens is 216 g/mol. The molecule has 1 rings (SSSR count). The van der Waals surface area contributed by atoms with Crippen LogP contribution in [0.4, 0.5) is 5.69 Å². The molecule has 17 heavy (non-hydrogen) atoms. The van der Waals surface area contributed by atoms with Gasteiger partial charge in [-0.2, -0.15) is 0 Å². The molecule has 1 aromatic rings. The van der Waals surface area contributed by atoms with Crippen LogP contribution in [0.1, 0.15) is 32.4 Å². The van der Waals surface area contributed by atoms with Crippen molar-refractivity contribution in [2.75, 3.05) is 0 Å². The van der Waals surface area contributed by atoms with Crippen molar-refractivity contribution in [3.05, 3.63) is 39.9 Å². The van der Waals surface area contributed by atoms with Crippen molar-refractivity contribution >= 4 is 5.69 Å². The number of nitrogens with zero attached hydrogens (tertiary/aromatic N) is 1. The Hall–Kier alpha value is -1.86. The Kier molecular flexibility index (Phi) is 3.87. The molecular formula is C13H16N2O2. The standard InChI is InChI=1S/C13H16N2O2/c1-5-13(3,4)14-10(2)11-8-6-7-9-12(11)15(16)17/h1,6-10,14H,2-4H3. The Labute approximate surface area is 101 Å². The summed E-state index contributed by atoms with van der Waals surface area (Å²) in [5.74, 6) is 2.61. The minimum absolute atomic E-state index is 0.111. The van der Waals surface area contributed by atoms with Gasteiger partial charge in [0.1, 0.15) is 0 Å². The van der Waals surface area contributed by atoms with Gasteiger partial charge in [0.25, 0.3) is 5.69 Å². The fourth-order valence-corrected chi connectivity index (χ4v) is 1.68. The monoisotopic (exact) mass is 232 g/mol. The molecule has 1 unspecified atom stereocenters. The molecule has 1 aromatic carbocycles. The predicted octanol–water partition coefficient (Wildman–Crippen LogP) is 2.66. The van der Waals surface area contributed by atoms with E-state index in [9.17, 15) is 10.1 Å². The Bertz CT molecular complexity index is 461. The second kappa shape index (κ2) is 4.98. The zero-order valence-electron chi connectivity index (χ0n) is 10.2. The third-order valence-corrected chi connectivity index (χ3v) is 2.54. The summed E-state index contributed by atoms with van der Waals surface area (Å²) in [6, 6.07) is 6.49. The molecule has 0 radical (unpaired) electrons. The molecule has 4 nitrogen and oxygen atoms in total. The van der Waals surface area contributed by atoms with E-state index < -0.39 is 5.54 Å². The number of nitro groups is 1. The highest BCUT2D eigenvalue weighted by atomic mass is 16.6. The Balaban J connectivity index is 3.01. The van der Waals surface area contributed by atoms with E-state index in [-0.39, 0.29) is 16.7 Å². The van der Waals surface area contributed by atoms with Gasteiger partial charge in [0.2, 0.25) is 0 Å². The fraction of sp³-hybridized carbons (Fsp3) is 0.385. The number of nitrogens with one attached hydrogen (secondary N) is 1. The molecule has 0 fully saturated rings. The molecule has 1 N–H and O–H groups in total. The van der Waals surface area contributed by atoms with Crippen LogP contribution >= 0.6 is 0 Å². The summed E-state index contributed by atoms with van der Waals surface area (Å²) in [6.07, 6.45) is 5.38. The van der Waals surface area contributed by atoms with Gasteiger partial charge in [0, 0.05) is 17.7 Å². The van der Waals surface area contributed by atoms with Gasteiger partial charge in [0.05, 0.1) is 10.5 Å². The highest BCUT2D eigenvalue weighted by Crippen LogP contribution is 2.25. The van der Waals surface area contributed by atoms with Gasteiger partial charge in [-0.15, -0.1) is 6.42 Å². The van der Waals surface area contributed by atoms with Gasteiger partial charge in [-0.05, 0) is 20.8 Å². The van der Waals surface area contributed by atoms with E-state index in [1.807, 2.05) is 20.8 Å². The lowest BCUT2D eigenvalue weighted by Gasteiger charge is -2.25. The maximum atomic E-state index is 10.9. The van der Waals surface area contributed by atoms with Crippen LogP contribution in [0.5, 0.6) is 0 Å². The molecule has 4 heteroatoms.